The first-order valence-electron chi connectivity index (χ1n) is 6.69. The molecular weight excluding hydrogens is 224 g/mol. The molecule has 98 valence electrons. The average Bonchev–Trinajstić information content (AvgIpc) is 3.01. The molecule has 0 aliphatic rings. The molecule has 0 amide bonds. The molecule has 0 atom stereocenters. The summed E-state index contributed by atoms with van der Waals surface area (Å²) in [6.45, 7) is 6.34. The summed E-state index contributed by atoms with van der Waals surface area (Å²) in [5, 5.41) is 3.42. The third-order valence-corrected chi connectivity index (χ3v) is 2.96. The number of rotatable bonds is 8. The first-order chi connectivity index (χ1) is 8.88. The van der Waals surface area contributed by atoms with Gasteiger partial charge < -0.3 is 14.5 Å². The Labute approximate surface area is 109 Å². The van der Waals surface area contributed by atoms with Gasteiger partial charge in [-0.25, -0.2) is 4.98 Å². The molecule has 18 heavy (non-hydrogen) atoms. The lowest BCUT2D eigenvalue weighted by atomic mass is 10.3. The van der Waals surface area contributed by atoms with E-state index in [9.17, 15) is 0 Å². The lowest BCUT2D eigenvalue weighted by molar-refractivity contribution is 0.563. The largest absolute Gasteiger partial charge is 0.354 e. The van der Waals surface area contributed by atoms with Gasteiger partial charge >= 0.3 is 0 Å². The van der Waals surface area contributed by atoms with Crippen molar-refractivity contribution in [3.05, 3.63) is 42.7 Å². The lowest BCUT2D eigenvalue weighted by Gasteiger charge is -2.04. The second kappa shape index (κ2) is 7.01. The minimum atomic E-state index is 0.975. The van der Waals surface area contributed by atoms with Crippen molar-refractivity contribution in [2.45, 2.75) is 39.4 Å². The van der Waals surface area contributed by atoms with Crippen LogP contribution in [-0.4, -0.2) is 20.7 Å². The van der Waals surface area contributed by atoms with E-state index in [1.807, 2.05) is 18.7 Å². The van der Waals surface area contributed by atoms with Crippen molar-refractivity contribution in [1.29, 1.82) is 0 Å². The van der Waals surface area contributed by atoms with E-state index in [1.54, 1.807) is 0 Å². The molecule has 2 heterocycles. The summed E-state index contributed by atoms with van der Waals surface area (Å²) in [4.78, 5) is 4.04. The third-order valence-electron chi connectivity index (χ3n) is 2.96. The molecule has 0 radical (unpaired) electrons. The Morgan fingerprint density at radius 3 is 2.89 bits per heavy atom. The number of hydrogen-bond acceptors (Lipinski definition) is 2. The SMILES string of the molecule is CCCNCc1ccn(CCCn2ccnc2)c1. The van der Waals surface area contributed by atoms with Gasteiger partial charge in [-0.1, -0.05) is 6.92 Å². The van der Waals surface area contributed by atoms with Crippen molar-refractivity contribution >= 4 is 0 Å². The van der Waals surface area contributed by atoms with Crippen molar-refractivity contribution in [3.63, 3.8) is 0 Å². The van der Waals surface area contributed by atoms with Gasteiger partial charge in [0.25, 0.3) is 0 Å². The normalized spacial score (nSPS) is 10.9. The molecule has 2 aromatic rings. The lowest BCUT2D eigenvalue weighted by Crippen LogP contribution is -2.13. The predicted octanol–water partition coefficient (Wildman–Crippen LogP) is 2.27. The zero-order valence-electron chi connectivity index (χ0n) is 11.0. The van der Waals surface area contributed by atoms with Crippen LogP contribution in [0.4, 0.5) is 0 Å². The molecule has 4 heteroatoms. The van der Waals surface area contributed by atoms with E-state index in [2.05, 4.69) is 44.8 Å². The zero-order chi connectivity index (χ0) is 12.6. The monoisotopic (exact) mass is 246 g/mol. The zero-order valence-corrected chi connectivity index (χ0v) is 11.0. The molecule has 0 aliphatic heterocycles. The Morgan fingerprint density at radius 2 is 2.11 bits per heavy atom. The molecule has 0 fully saturated rings. The van der Waals surface area contributed by atoms with Crippen LogP contribution < -0.4 is 5.32 Å². The van der Waals surface area contributed by atoms with Crippen LogP contribution in [0.2, 0.25) is 0 Å². The van der Waals surface area contributed by atoms with E-state index in [-0.39, 0.29) is 0 Å². The highest BCUT2D eigenvalue weighted by atomic mass is 15.0. The molecule has 0 spiro atoms. The van der Waals surface area contributed by atoms with E-state index in [1.165, 1.54) is 12.0 Å². The summed E-state index contributed by atoms with van der Waals surface area (Å²) >= 11 is 0. The highest BCUT2D eigenvalue weighted by Gasteiger charge is 1.97. The summed E-state index contributed by atoms with van der Waals surface area (Å²) in [5.41, 5.74) is 1.37. The molecule has 0 unspecified atom stereocenters. The predicted molar refractivity (Wildman–Crippen MR) is 73.3 cm³/mol. The Hall–Kier alpha value is -1.55. The molecule has 0 aromatic carbocycles. The van der Waals surface area contributed by atoms with Crippen LogP contribution in [0.1, 0.15) is 25.3 Å². The number of imidazole rings is 1. The quantitative estimate of drug-likeness (QED) is 0.725. The Balaban J connectivity index is 1.69. The maximum Gasteiger partial charge on any atom is 0.0945 e. The molecule has 0 saturated heterocycles. The summed E-state index contributed by atoms with van der Waals surface area (Å²) in [6, 6.07) is 2.19. The van der Waals surface area contributed by atoms with Gasteiger partial charge in [0.1, 0.15) is 0 Å². The fourth-order valence-electron chi connectivity index (χ4n) is 2.00. The molecule has 2 rings (SSSR count). The molecule has 0 bridgehead atoms. The molecule has 4 nitrogen and oxygen atoms in total. The number of aryl methyl sites for hydroxylation is 2. The third kappa shape index (κ3) is 4.04. The maximum absolute atomic E-state index is 4.04. The Bertz CT molecular complexity index is 430. The average molecular weight is 246 g/mol. The van der Waals surface area contributed by atoms with E-state index >= 15 is 0 Å². The van der Waals surface area contributed by atoms with E-state index in [0.29, 0.717) is 0 Å². The second-order valence-electron chi connectivity index (χ2n) is 4.59. The summed E-state index contributed by atoms with van der Waals surface area (Å²) in [7, 11) is 0. The topological polar surface area (TPSA) is 34.8 Å². The van der Waals surface area contributed by atoms with Crippen molar-refractivity contribution in [3.8, 4) is 0 Å². The van der Waals surface area contributed by atoms with Crippen LogP contribution in [0, 0.1) is 0 Å². The molecular formula is C14H22N4. The van der Waals surface area contributed by atoms with Crippen LogP contribution in [0.5, 0.6) is 0 Å². The molecule has 2 aromatic heterocycles. The molecule has 0 saturated carbocycles. The summed E-state index contributed by atoms with van der Waals surface area (Å²) in [5.74, 6) is 0. The van der Waals surface area contributed by atoms with Crippen molar-refractivity contribution in [1.82, 2.24) is 19.4 Å². The Morgan fingerprint density at radius 1 is 1.22 bits per heavy atom. The smallest absolute Gasteiger partial charge is 0.0945 e. The second-order valence-corrected chi connectivity index (χ2v) is 4.59. The van der Waals surface area contributed by atoms with Crippen LogP contribution in [0.15, 0.2) is 37.2 Å². The van der Waals surface area contributed by atoms with E-state index in [4.69, 9.17) is 0 Å². The van der Waals surface area contributed by atoms with Crippen molar-refractivity contribution in [2.75, 3.05) is 6.54 Å². The molecule has 0 aliphatic carbocycles. The van der Waals surface area contributed by atoms with Gasteiger partial charge in [-0.05, 0) is 31.0 Å². The maximum atomic E-state index is 4.04. The van der Waals surface area contributed by atoms with Gasteiger partial charge in [-0.3, -0.25) is 0 Å². The van der Waals surface area contributed by atoms with Crippen molar-refractivity contribution in [2.24, 2.45) is 0 Å². The van der Waals surface area contributed by atoms with Crippen LogP contribution in [0.3, 0.4) is 0 Å². The fraction of sp³-hybridized carbons (Fsp3) is 0.500. The van der Waals surface area contributed by atoms with Crippen LogP contribution >= 0.6 is 0 Å². The summed E-state index contributed by atoms with van der Waals surface area (Å²) < 4.78 is 4.38. The highest BCUT2D eigenvalue weighted by Crippen LogP contribution is 2.03. The van der Waals surface area contributed by atoms with Gasteiger partial charge in [0.05, 0.1) is 6.33 Å². The van der Waals surface area contributed by atoms with Crippen molar-refractivity contribution < 1.29 is 0 Å². The fourth-order valence-corrected chi connectivity index (χ4v) is 2.00. The first kappa shape index (κ1) is 12.9. The van der Waals surface area contributed by atoms with Gasteiger partial charge in [0.2, 0.25) is 0 Å². The number of hydrogen-bond donors (Lipinski definition) is 1. The minimum Gasteiger partial charge on any atom is -0.354 e. The van der Waals surface area contributed by atoms with E-state index < -0.39 is 0 Å². The van der Waals surface area contributed by atoms with Crippen LogP contribution in [-0.2, 0) is 19.6 Å². The van der Waals surface area contributed by atoms with Crippen LogP contribution in [0.25, 0.3) is 0 Å². The number of nitrogens with one attached hydrogen (secondary N) is 1. The van der Waals surface area contributed by atoms with Gasteiger partial charge in [0.15, 0.2) is 0 Å². The Kier molecular flexibility index (Phi) is 5.02. The minimum absolute atomic E-state index is 0.975. The number of nitrogens with zero attached hydrogens (tertiary/aromatic N) is 3. The highest BCUT2D eigenvalue weighted by molar-refractivity contribution is 5.09. The summed E-state index contributed by atoms with van der Waals surface area (Å²) in [6.07, 6.45) is 12.4. The standard InChI is InChI=1S/C14H22N4/c1-2-5-15-11-14-4-9-17(12-14)7-3-8-18-10-6-16-13-18/h4,6,9-10,12-13,15H,2-3,5,7-8,11H2,1H3. The first-order valence-corrected chi connectivity index (χ1v) is 6.69. The van der Waals surface area contributed by atoms with Gasteiger partial charge in [0, 0.05) is 44.4 Å². The van der Waals surface area contributed by atoms with Gasteiger partial charge in [-0.15, -0.1) is 0 Å². The van der Waals surface area contributed by atoms with E-state index in [0.717, 1.165) is 32.6 Å². The molecule has 1 N–H and O–H groups in total. The van der Waals surface area contributed by atoms with Gasteiger partial charge in [-0.2, -0.15) is 0 Å². The number of aromatic nitrogens is 3.